The minimum absolute atomic E-state index is 0.264. The van der Waals surface area contributed by atoms with Gasteiger partial charge in [-0.25, -0.2) is 0 Å². The predicted molar refractivity (Wildman–Crippen MR) is 89.8 cm³/mol. The zero-order valence-electron chi connectivity index (χ0n) is 12.7. The highest BCUT2D eigenvalue weighted by Crippen LogP contribution is 2.28. The molecule has 0 radical (unpaired) electrons. The van der Waals surface area contributed by atoms with Crippen LogP contribution in [-0.4, -0.2) is 18.2 Å². The second kappa shape index (κ2) is 6.46. The van der Waals surface area contributed by atoms with Crippen LogP contribution in [0.1, 0.15) is 23.6 Å². The van der Waals surface area contributed by atoms with Crippen LogP contribution in [0.5, 0.6) is 0 Å². The summed E-state index contributed by atoms with van der Waals surface area (Å²) in [7, 11) is 1.98. The Labute approximate surface area is 130 Å². The summed E-state index contributed by atoms with van der Waals surface area (Å²) in [6, 6.07) is 21.0. The Hall–Kier alpha value is -2.57. The first-order valence-corrected chi connectivity index (χ1v) is 7.54. The van der Waals surface area contributed by atoms with Gasteiger partial charge >= 0.3 is 0 Å². The van der Waals surface area contributed by atoms with Crippen LogP contribution in [0.25, 0.3) is 10.9 Å². The third-order valence-electron chi connectivity index (χ3n) is 4.07. The molecule has 110 valence electrons. The van der Waals surface area contributed by atoms with Crippen LogP contribution in [0, 0.1) is 11.3 Å². The molecule has 0 aliphatic carbocycles. The monoisotopic (exact) mass is 289 g/mol. The zero-order valence-corrected chi connectivity index (χ0v) is 12.7. The normalized spacial score (nSPS) is 12.2. The van der Waals surface area contributed by atoms with Crippen molar-refractivity contribution in [2.75, 3.05) is 13.6 Å². The third-order valence-corrected chi connectivity index (χ3v) is 4.07. The summed E-state index contributed by atoms with van der Waals surface area (Å²) >= 11 is 0. The number of hydrogen-bond donors (Lipinski definition) is 1. The molecule has 1 atom stereocenters. The first-order valence-electron chi connectivity index (χ1n) is 7.54. The van der Waals surface area contributed by atoms with E-state index in [1.165, 1.54) is 5.56 Å². The van der Waals surface area contributed by atoms with E-state index < -0.39 is 0 Å². The topological polar surface area (TPSA) is 40.8 Å². The highest BCUT2D eigenvalue weighted by molar-refractivity contribution is 5.86. The molecule has 1 N–H and O–H groups in total. The lowest BCUT2D eigenvalue weighted by Gasteiger charge is -2.21. The van der Waals surface area contributed by atoms with E-state index >= 15 is 0 Å². The summed E-state index contributed by atoms with van der Waals surface area (Å²) in [6.45, 7) is 0.942. The molecule has 1 aromatic heterocycles. The molecule has 3 nitrogen and oxygen atoms in total. The van der Waals surface area contributed by atoms with Gasteiger partial charge in [-0.3, -0.25) is 0 Å². The van der Waals surface area contributed by atoms with Gasteiger partial charge in [0.1, 0.15) is 0 Å². The molecule has 0 aliphatic heterocycles. The molecule has 0 saturated heterocycles. The molecule has 0 bridgehead atoms. The molecule has 0 aliphatic rings. The van der Waals surface area contributed by atoms with Gasteiger partial charge in [-0.15, -0.1) is 0 Å². The van der Waals surface area contributed by atoms with Gasteiger partial charge in [-0.1, -0.05) is 36.4 Å². The van der Waals surface area contributed by atoms with Crippen molar-refractivity contribution in [3.05, 3.63) is 71.9 Å². The number of rotatable bonds is 5. The fourth-order valence-electron chi connectivity index (χ4n) is 2.98. The summed E-state index contributed by atoms with van der Waals surface area (Å²) in [4.78, 5) is 0. The standard InChI is InChI=1S/C19H19N3/c1-21-12-10-18(15-6-3-2-4-7-15)22-13-11-17-16(14-20)8-5-9-19(17)22/h2-9,11,13,18,21H,10,12H2,1H3. The number of hydrogen-bond acceptors (Lipinski definition) is 2. The largest absolute Gasteiger partial charge is 0.340 e. The average Bonchev–Trinajstić information content (AvgIpc) is 3.00. The molecular weight excluding hydrogens is 270 g/mol. The fraction of sp³-hybridized carbons (Fsp3) is 0.211. The van der Waals surface area contributed by atoms with Crippen molar-refractivity contribution < 1.29 is 0 Å². The average molecular weight is 289 g/mol. The lowest BCUT2D eigenvalue weighted by molar-refractivity contribution is 0.539. The second-order valence-electron chi connectivity index (χ2n) is 5.39. The van der Waals surface area contributed by atoms with Crippen molar-refractivity contribution >= 4 is 10.9 Å². The predicted octanol–water partition coefficient (Wildman–Crippen LogP) is 3.71. The second-order valence-corrected chi connectivity index (χ2v) is 5.39. The minimum Gasteiger partial charge on any atom is -0.340 e. The molecular formula is C19H19N3. The Morgan fingerprint density at radius 2 is 1.91 bits per heavy atom. The Morgan fingerprint density at radius 3 is 2.64 bits per heavy atom. The fourth-order valence-corrected chi connectivity index (χ4v) is 2.98. The Morgan fingerprint density at radius 1 is 1.09 bits per heavy atom. The van der Waals surface area contributed by atoms with Gasteiger partial charge in [0.05, 0.1) is 17.7 Å². The SMILES string of the molecule is CNCCC(c1ccccc1)n1ccc2c(C#N)cccc21. The van der Waals surface area contributed by atoms with Gasteiger partial charge in [0.2, 0.25) is 0 Å². The highest BCUT2D eigenvalue weighted by Gasteiger charge is 2.16. The van der Waals surface area contributed by atoms with Crippen molar-refractivity contribution in [1.29, 1.82) is 5.26 Å². The van der Waals surface area contributed by atoms with E-state index in [1.807, 2.05) is 31.3 Å². The maximum atomic E-state index is 9.27. The lowest BCUT2D eigenvalue weighted by Crippen LogP contribution is -2.17. The van der Waals surface area contributed by atoms with Crippen molar-refractivity contribution in [3.63, 3.8) is 0 Å². The van der Waals surface area contributed by atoms with Gasteiger partial charge in [-0.2, -0.15) is 5.26 Å². The number of benzene rings is 2. The number of nitriles is 1. The number of nitrogens with one attached hydrogen (secondary N) is 1. The molecule has 22 heavy (non-hydrogen) atoms. The lowest BCUT2D eigenvalue weighted by atomic mass is 10.0. The molecule has 0 fully saturated rings. The summed E-state index contributed by atoms with van der Waals surface area (Å²) in [5, 5.41) is 13.5. The smallest absolute Gasteiger partial charge is 0.0998 e. The van der Waals surface area contributed by atoms with Crippen molar-refractivity contribution in [2.45, 2.75) is 12.5 Å². The van der Waals surface area contributed by atoms with Gasteiger partial charge in [-0.05, 0) is 43.8 Å². The summed E-state index contributed by atoms with van der Waals surface area (Å²) in [5.74, 6) is 0. The van der Waals surface area contributed by atoms with E-state index in [2.05, 4.69) is 52.5 Å². The molecule has 3 rings (SSSR count). The van der Waals surface area contributed by atoms with Crippen LogP contribution in [0.4, 0.5) is 0 Å². The van der Waals surface area contributed by atoms with Crippen molar-refractivity contribution in [3.8, 4) is 6.07 Å². The van der Waals surface area contributed by atoms with E-state index in [9.17, 15) is 5.26 Å². The van der Waals surface area contributed by atoms with Crippen LogP contribution >= 0.6 is 0 Å². The van der Waals surface area contributed by atoms with Crippen molar-refractivity contribution in [1.82, 2.24) is 9.88 Å². The Kier molecular flexibility index (Phi) is 4.22. The van der Waals surface area contributed by atoms with Gasteiger partial charge in [0, 0.05) is 17.1 Å². The highest BCUT2D eigenvalue weighted by atomic mass is 15.0. The van der Waals surface area contributed by atoms with Gasteiger partial charge in [0.15, 0.2) is 0 Å². The molecule has 0 amide bonds. The number of aromatic nitrogens is 1. The summed E-state index contributed by atoms with van der Waals surface area (Å²) in [6.07, 6.45) is 3.10. The van der Waals surface area contributed by atoms with E-state index in [0.717, 1.165) is 29.4 Å². The maximum Gasteiger partial charge on any atom is 0.0998 e. The Balaban J connectivity index is 2.11. The third kappa shape index (κ3) is 2.61. The van der Waals surface area contributed by atoms with E-state index in [4.69, 9.17) is 0 Å². The first-order chi connectivity index (χ1) is 10.8. The molecule has 0 spiro atoms. The van der Waals surface area contributed by atoms with Crippen LogP contribution < -0.4 is 5.32 Å². The minimum atomic E-state index is 0.264. The summed E-state index contributed by atoms with van der Waals surface area (Å²) < 4.78 is 2.28. The molecule has 0 saturated carbocycles. The molecule has 2 aromatic carbocycles. The molecule has 3 aromatic rings. The molecule has 1 unspecified atom stereocenters. The number of nitrogens with zero attached hydrogens (tertiary/aromatic N) is 2. The van der Waals surface area contributed by atoms with Crippen LogP contribution in [0.15, 0.2) is 60.8 Å². The van der Waals surface area contributed by atoms with Crippen LogP contribution in [0.2, 0.25) is 0 Å². The molecule has 1 heterocycles. The van der Waals surface area contributed by atoms with E-state index in [-0.39, 0.29) is 6.04 Å². The van der Waals surface area contributed by atoms with Gasteiger partial charge in [0.25, 0.3) is 0 Å². The number of fused-ring (bicyclic) bond motifs is 1. The zero-order chi connectivity index (χ0) is 15.4. The van der Waals surface area contributed by atoms with Crippen molar-refractivity contribution in [2.24, 2.45) is 0 Å². The molecule has 3 heteroatoms. The first kappa shape index (κ1) is 14.4. The van der Waals surface area contributed by atoms with Crippen LogP contribution in [-0.2, 0) is 0 Å². The van der Waals surface area contributed by atoms with Crippen LogP contribution in [0.3, 0.4) is 0 Å². The summed E-state index contributed by atoms with van der Waals surface area (Å²) in [5.41, 5.74) is 3.14. The Bertz CT molecular complexity index is 796. The van der Waals surface area contributed by atoms with E-state index in [0.29, 0.717) is 0 Å². The quantitative estimate of drug-likeness (QED) is 0.778. The maximum absolute atomic E-state index is 9.27. The van der Waals surface area contributed by atoms with Gasteiger partial charge < -0.3 is 9.88 Å². The van der Waals surface area contributed by atoms with E-state index in [1.54, 1.807) is 0 Å².